The topological polar surface area (TPSA) is 21.3 Å². The van der Waals surface area contributed by atoms with E-state index in [9.17, 15) is 8.78 Å². The van der Waals surface area contributed by atoms with E-state index in [4.69, 9.17) is 11.6 Å². The van der Waals surface area contributed by atoms with Crippen molar-refractivity contribution in [2.45, 2.75) is 13.0 Å². The molecule has 2 aromatic carbocycles. The van der Waals surface area contributed by atoms with Crippen LogP contribution in [0.1, 0.15) is 5.56 Å². The van der Waals surface area contributed by atoms with Crippen molar-refractivity contribution in [1.29, 1.82) is 0 Å². The fourth-order valence-corrected chi connectivity index (χ4v) is 2.02. The van der Waals surface area contributed by atoms with Crippen LogP contribution in [0.2, 0.25) is 5.02 Å². The number of hydrogen-bond donors (Lipinski definition) is 1. The first-order valence-corrected chi connectivity index (χ1v) is 6.55. The van der Waals surface area contributed by atoms with E-state index in [1.165, 1.54) is 11.6 Å². The smallest absolute Gasteiger partial charge is 0.387 e. The van der Waals surface area contributed by atoms with Gasteiger partial charge in [0.1, 0.15) is 5.75 Å². The maximum absolute atomic E-state index is 12.1. The molecule has 2 nitrogen and oxygen atoms in total. The molecule has 0 fully saturated rings. The Balaban J connectivity index is 1.89. The molecule has 0 saturated heterocycles. The van der Waals surface area contributed by atoms with Crippen molar-refractivity contribution < 1.29 is 13.5 Å². The third-order valence-corrected chi connectivity index (χ3v) is 3.03. The molecule has 1 N–H and O–H groups in total. The summed E-state index contributed by atoms with van der Waals surface area (Å²) in [6, 6.07) is 14.7. The lowest BCUT2D eigenvalue weighted by molar-refractivity contribution is -0.0497. The van der Waals surface area contributed by atoms with Crippen molar-refractivity contribution in [2.75, 3.05) is 11.9 Å². The van der Waals surface area contributed by atoms with E-state index < -0.39 is 6.61 Å². The molecule has 106 valence electrons. The Morgan fingerprint density at radius 3 is 2.50 bits per heavy atom. The highest BCUT2D eigenvalue weighted by molar-refractivity contribution is 6.32. The second-order valence-corrected chi connectivity index (χ2v) is 4.59. The van der Waals surface area contributed by atoms with Crippen LogP contribution in [0.25, 0.3) is 0 Å². The summed E-state index contributed by atoms with van der Waals surface area (Å²) in [5, 5.41) is 3.35. The predicted molar refractivity (Wildman–Crippen MR) is 76.7 cm³/mol. The molecule has 0 atom stereocenters. The largest absolute Gasteiger partial charge is 0.433 e. The van der Waals surface area contributed by atoms with Crippen LogP contribution in [-0.2, 0) is 6.42 Å². The van der Waals surface area contributed by atoms with Crippen LogP contribution in [0.15, 0.2) is 48.5 Å². The third kappa shape index (κ3) is 4.38. The lowest BCUT2D eigenvalue weighted by Crippen LogP contribution is -2.06. The predicted octanol–water partition coefficient (Wildman–Crippen LogP) is 4.60. The molecule has 0 amide bonds. The van der Waals surface area contributed by atoms with Gasteiger partial charge in [-0.15, -0.1) is 0 Å². The summed E-state index contributed by atoms with van der Waals surface area (Å²) in [7, 11) is 0. The molecule has 2 aromatic rings. The summed E-state index contributed by atoms with van der Waals surface area (Å²) in [6.45, 7) is -2.14. The first-order chi connectivity index (χ1) is 9.65. The molecule has 0 radical (unpaired) electrons. The number of halogens is 3. The molecule has 0 aliphatic heterocycles. The molecule has 5 heteroatoms. The number of alkyl halides is 2. The first-order valence-electron chi connectivity index (χ1n) is 6.17. The zero-order valence-electron chi connectivity index (χ0n) is 10.7. The Morgan fingerprint density at radius 1 is 1.10 bits per heavy atom. The average Bonchev–Trinajstić information content (AvgIpc) is 2.43. The van der Waals surface area contributed by atoms with Gasteiger partial charge in [-0.1, -0.05) is 41.9 Å². The second kappa shape index (κ2) is 7.10. The van der Waals surface area contributed by atoms with E-state index in [-0.39, 0.29) is 10.8 Å². The van der Waals surface area contributed by atoms with Crippen LogP contribution >= 0.6 is 11.6 Å². The van der Waals surface area contributed by atoms with E-state index in [1.54, 1.807) is 12.1 Å². The minimum absolute atomic E-state index is 0.0183. The quantitative estimate of drug-likeness (QED) is 0.841. The number of anilines is 1. The number of ether oxygens (including phenoxy) is 1. The van der Waals surface area contributed by atoms with Crippen LogP contribution in [0, 0.1) is 0 Å². The van der Waals surface area contributed by atoms with Gasteiger partial charge in [0.2, 0.25) is 0 Å². The molecular weight excluding hydrogens is 284 g/mol. The number of nitrogens with one attached hydrogen (secondary N) is 1. The van der Waals surface area contributed by atoms with Crippen LogP contribution in [-0.4, -0.2) is 13.2 Å². The highest BCUT2D eigenvalue weighted by atomic mass is 35.5. The molecular formula is C15H14ClF2NO. The van der Waals surface area contributed by atoms with Gasteiger partial charge in [0.25, 0.3) is 0 Å². The number of hydrogen-bond acceptors (Lipinski definition) is 2. The molecule has 0 heterocycles. The fraction of sp³-hybridized carbons (Fsp3) is 0.200. The summed E-state index contributed by atoms with van der Waals surface area (Å²) in [6.07, 6.45) is 0.869. The van der Waals surface area contributed by atoms with Crippen molar-refractivity contribution in [2.24, 2.45) is 0 Å². The monoisotopic (exact) mass is 297 g/mol. The van der Waals surface area contributed by atoms with Crippen molar-refractivity contribution in [3.8, 4) is 5.75 Å². The van der Waals surface area contributed by atoms with Gasteiger partial charge < -0.3 is 10.1 Å². The van der Waals surface area contributed by atoms with Crippen LogP contribution in [0.4, 0.5) is 14.5 Å². The van der Waals surface area contributed by atoms with Gasteiger partial charge in [0, 0.05) is 12.2 Å². The van der Waals surface area contributed by atoms with Crippen molar-refractivity contribution >= 4 is 17.3 Å². The normalized spacial score (nSPS) is 10.6. The molecule has 20 heavy (non-hydrogen) atoms. The van der Waals surface area contributed by atoms with Gasteiger partial charge in [-0.3, -0.25) is 0 Å². The van der Waals surface area contributed by atoms with Gasteiger partial charge in [-0.05, 0) is 30.2 Å². The maximum Gasteiger partial charge on any atom is 0.387 e. The Kier molecular flexibility index (Phi) is 5.18. The maximum atomic E-state index is 12.1. The standard InChI is InChI=1S/C15H14ClF2NO/c16-13-10-12(6-7-14(13)20-15(17)18)19-9-8-11-4-2-1-3-5-11/h1-7,10,15,19H,8-9H2. The Hall–Kier alpha value is -1.81. The Morgan fingerprint density at radius 2 is 1.85 bits per heavy atom. The van der Waals surface area contributed by atoms with E-state index in [1.807, 2.05) is 30.3 Å². The summed E-state index contributed by atoms with van der Waals surface area (Å²) in [5.41, 5.74) is 2.00. The van der Waals surface area contributed by atoms with Gasteiger partial charge in [0.05, 0.1) is 5.02 Å². The lowest BCUT2D eigenvalue weighted by Gasteiger charge is -2.10. The van der Waals surface area contributed by atoms with Crippen molar-refractivity contribution in [3.05, 3.63) is 59.1 Å². The van der Waals surface area contributed by atoms with Gasteiger partial charge in [-0.2, -0.15) is 8.78 Å². The molecule has 0 saturated carbocycles. The first kappa shape index (κ1) is 14.6. The van der Waals surface area contributed by atoms with E-state index >= 15 is 0 Å². The summed E-state index contributed by atoms with van der Waals surface area (Å²) < 4.78 is 28.5. The van der Waals surface area contributed by atoms with Crippen molar-refractivity contribution in [3.63, 3.8) is 0 Å². The van der Waals surface area contributed by atoms with Crippen LogP contribution in [0.5, 0.6) is 5.75 Å². The van der Waals surface area contributed by atoms with Crippen LogP contribution in [0.3, 0.4) is 0 Å². The summed E-state index contributed by atoms with van der Waals surface area (Å²) >= 11 is 5.87. The number of benzene rings is 2. The molecule has 0 aliphatic carbocycles. The highest BCUT2D eigenvalue weighted by Gasteiger charge is 2.08. The SMILES string of the molecule is FC(F)Oc1ccc(NCCc2ccccc2)cc1Cl. The highest BCUT2D eigenvalue weighted by Crippen LogP contribution is 2.28. The zero-order chi connectivity index (χ0) is 14.4. The Labute approximate surface area is 121 Å². The molecule has 2 rings (SSSR count). The summed E-state index contributed by atoms with van der Waals surface area (Å²) in [4.78, 5) is 0. The molecule has 0 spiro atoms. The second-order valence-electron chi connectivity index (χ2n) is 4.19. The van der Waals surface area contributed by atoms with E-state index in [2.05, 4.69) is 10.1 Å². The van der Waals surface area contributed by atoms with Gasteiger partial charge >= 0.3 is 6.61 Å². The van der Waals surface area contributed by atoms with Crippen molar-refractivity contribution in [1.82, 2.24) is 0 Å². The molecule has 0 bridgehead atoms. The van der Waals surface area contributed by atoms with Crippen LogP contribution < -0.4 is 10.1 Å². The molecule has 0 unspecified atom stereocenters. The van der Waals surface area contributed by atoms with Gasteiger partial charge in [0.15, 0.2) is 0 Å². The van der Waals surface area contributed by atoms with E-state index in [0.717, 1.165) is 18.7 Å². The number of rotatable bonds is 6. The third-order valence-electron chi connectivity index (χ3n) is 2.73. The average molecular weight is 298 g/mol. The minimum Gasteiger partial charge on any atom is -0.433 e. The lowest BCUT2D eigenvalue weighted by atomic mass is 10.1. The van der Waals surface area contributed by atoms with E-state index in [0.29, 0.717) is 0 Å². The summed E-state index contributed by atoms with van der Waals surface area (Å²) in [5.74, 6) is -0.0183. The molecule has 0 aromatic heterocycles. The zero-order valence-corrected chi connectivity index (χ0v) is 11.4. The Bertz CT molecular complexity index is 549. The molecule has 0 aliphatic rings. The fourth-order valence-electron chi connectivity index (χ4n) is 1.80. The van der Waals surface area contributed by atoms with Gasteiger partial charge in [-0.25, -0.2) is 0 Å². The minimum atomic E-state index is -2.87.